The molecule has 0 spiro atoms. The minimum Gasteiger partial charge on any atom is -0.509 e. The number of fused-ring (bicyclic) bond motifs is 1. The zero-order valence-corrected chi connectivity index (χ0v) is 18.6. The lowest BCUT2D eigenvalue weighted by molar-refractivity contribution is -0.164. The van der Waals surface area contributed by atoms with Gasteiger partial charge in [-0.15, -0.1) is 0 Å². The number of benzene rings is 1. The molecule has 1 aromatic rings. The lowest BCUT2D eigenvalue weighted by atomic mass is 9.91. The highest BCUT2D eigenvalue weighted by Crippen LogP contribution is 2.42. The van der Waals surface area contributed by atoms with Crippen molar-refractivity contribution in [3.8, 4) is 0 Å². The van der Waals surface area contributed by atoms with Gasteiger partial charge in [0.2, 0.25) is 0 Å². The van der Waals surface area contributed by atoms with Crippen molar-refractivity contribution < 1.29 is 28.2 Å². The summed E-state index contributed by atoms with van der Waals surface area (Å²) in [5, 5.41) is 13.6. The Labute approximate surface area is 181 Å². The van der Waals surface area contributed by atoms with E-state index >= 15 is 0 Å². The van der Waals surface area contributed by atoms with Crippen molar-refractivity contribution in [2.45, 2.75) is 45.7 Å². The molecule has 2 heterocycles. The predicted octanol–water partition coefficient (Wildman–Crippen LogP) is 3.69. The van der Waals surface area contributed by atoms with Crippen LogP contribution in [0.4, 0.5) is 8.78 Å². The summed E-state index contributed by atoms with van der Waals surface area (Å²) in [6.45, 7) is 5.70. The van der Waals surface area contributed by atoms with Gasteiger partial charge in [-0.25, -0.2) is 18.6 Å². The number of aliphatic hydroxyl groups is 1. The first-order valence-electron chi connectivity index (χ1n) is 9.40. The molecule has 1 N–H and O–H groups in total. The number of hydrazine groups is 1. The van der Waals surface area contributed by atoms with Crippen LogP contribution in [0.2, 0.25) is 0 Å². The van der Waals surface area contributed by atoms with Crippen LogP contribution in [0, 0.1) is 21.1 Å². The highest BCUT2D eigenvalue weighted by molar-refractivity contribution is 14.1. The maximum Gasteiger partial charge on any atom is 0.347 e. The van der Waals surface area contributed by atoms with Gasteiger partial charge in [-0.3, -0.25) is 9.80 Å². The Hall–Kier alpha value is -1.75. The number of rotatable bonds is 5. The Kier molecular flexibility index (Phi) is 6.19. The van der Waals surface area contributed by atoms with Crippen LogP contribution in [0.3, 0.4) is 0 Å². The number of halogens is 3. The average molecular weight is 520 g/mol. The van der Waals surface area contributed by atoms with Crippen molar-refractivity contribution in [3.05, 3.63) is 44.2 Å². The van der Waals surface area contributed by atoms with E-state index in [1.807, 2.05) is 13.8 Å². The summed E-state index contributed by atoms with van der Waals surface area (Å²) in [7, 11) is 0. The highest BCUT2D eigenvalue weighted by atomic mass is 127. The van der Waals surface area contributed by atoms with Crippen LogP contribution in [0.1, 0.15) is 39.2 Å². The Balaban J connectivity index is 1.99. The van der Waals surface area contributed by atoms with E-state index in [1.54, 1.807) is 34.5 Å². The number of amides is 1. The molecule has 0 aromatic heterocycles. The molecule has 0 radical (unpaired) electrons. The first kappa shape index (κ1) is 21.9. The third-order valence-corrected chi connectivity index (χ3v) is 6.11. The van der Waals surface area contributed by atoms with Gasteiger partial charge in [0.05, 0.1) is 22.3 Å². The molecule has 29 heavy (non-hydrogen) atoms. The summed E-state index contributed by atoms with van der Waals surface area (Å²) in [4.78, 5) is 25.7. The molecule has 1 aromatic carbocycles. The molecule has 3 rings (SSSR count). The monoisotopic (exact) mass is 520 g/mol. The Morgan fingerprint density at radius 1 is 1.34 bits per heavy atom. The van der Waals surface area contributed by atoms with E-state index in [0.717, 1.165) is 0 Å². The van der Waals surface area contributed by atoms with Crippen molar-refractivity contribution in [2.75, 3.05) is 13.2 Å². The zero-order valence-electron chi connectivity index (χ0n) is 16.5. The number of carbonyl (C=O) groups is 2. The van der Waals surface area contributed by atoms with Crippen molar-refractivity contribution in [3.63, 3.8) is 0 Å². The van der Waals surface area contributed by atoms with E-state index in [9.17, 15) is 23.5 Å². The minimum atomic E-state index is -1.03. The summed E-state index contributed by atoms with van der Waals surface area (Å²) >= 11 is 1.69. The first-order chi connectivity index (χ1) is 13.6. The molecule has 0 aliphatic carbocycles. The molecule has 0 saturated carbocycles. The van der Waals surface area contributed by atoms with Gasteiger partial charge in [0, 0.05) is 12.1 Å². The fraction of sp³-hybridized carbons (Fsp3) is 0.500. The summed E-state index contributed by atoms with van der Waals surface area (Å²) in [5.41, 5.74) is -1.45. The van der Waals surface area contributed by atoms with Gasteiger partial charge in [0.15, 0.2) is 17.2 Å². The Bertz CT molecular complexity index is 889. The average Bonchev–Trinajstić information content (AvgIpc) is 3.06. The van der Waals surface area contributed by atoms with Gasteiger partial charge in [0.25, 0.3) is 5.91 Å². The van der Waals surface area contributed by atoms with Crippen LogP contribution in [-0.2, 0) is 20.9 Å². The number of hydrogen-bond acceptors (Lipinski definition) is 5. The van der Waals surface area contributed by atoms with Crippen molar-refractivity contribution in [2.24, 2.45) is 5.92 Å². The molecule has 158 valence electrons. The number of nitrogens with zero attached hydrogens (tertiary/aromatic N) is 2. The normalized spacial score (nSPS) is 22.4. The molecule has 1 saturated heterocycles. The van der Waals surface area contributed by atoms with Crippen LogP contribution in [0.25, 0.3) is 0 Å². The fourth-order valence-electron chi connectivity index (χ4n) is 3.69. The van der Waals surface area contributed by atoms with Crippen LogP contribution < -0.4 is 0 Å². The molecule has 1 atom stereocenters. The largest absolute Gasteiger partial charge is 0.509 e. The number of hydrogen-bond donors (Lipinski definition) is 1. The molecule has 2 aliphatic heterocycles. The number of aliphatic hydroxyl groups excluding tert-OH is 1. The van der Waals surface area contributed by atoms with Gasteiger partial charge < -0.3 is 9.84 Å². The molecule has 9 heteroatoms. The van der Waals surface area contributed by atoms with Gasteiger partial charge in [0.1, 0.15) is 5.76 Å². The van der Waals surface area contributed by atoms with E-state index < -0.39 is 34.6 Å². The Morgan fingerprint density at radius 2 is 2.03 bits per heavy atom. The second-order valence-corrected chi connectivity index (χ2v) is 9.08. The lowest BCUT2D eigenvalue weighted by Crippen LogP contribution is -2.60. The molecular weight excluding hydrogens is 497 g/mol. The number of carbonyl (C=O) groups excluding carboxylic acids is 2. The van der Waals surface area contributed by atoms with Crippen molar-refractivity contribution >= 4 is 34.5 Å². The minimum absolute atomic E-state index is 0.0122. The Morgan fingerprint density at radius 3 is 2.69 bits per heavy atom. The summed E-state index contributed by atoms with van der Waals surface area (Å²) in [6, 6.07) is 2.84. The standard InChI is InChI=1S/C20H23F2IN2O4/c1-11(2)10-29-19(28)14-17(26)20(3)7-4-8-25(20)24(18(14)27)9-12-5-6-13(23)16(22)15(12)21/h5-6,11,26H,4,7-10H2,1-3H3/t20-/m1/s1. The van der Waals surface area contributed by atoms with Crippen molar-refractivity contribution in [1.29, 1.82) is 0 Å². The summed E-state index contributed by atoms with van der Waals surface area (Å²) in [5.74, 6) is -3.99. The second kappa shape index (κ2) is 8.17. The summed E-state index contributed by atoms with van der Waals surface area (Å²) < 4.78 is 33.8. The van der Waals surface area contributed by atoms with Gasteiger partial charge in [-0.2, -0.15) is 0 Å². The van der Waals surface area contributed by atoms with Gasteiger partial charge in [-0.1, -0.05) is 19.9 Å². The maximum atomic E-state index is 14.4. The molecule has 1 fully saturated rings. The number of ether oxygens (including phenoxy) is 1. The second-order valence-electron chi connectivity index (χ2n) is 7.91. The fourth-order valence-corrected chi connectivity index (χ4v) is 4.11. The molecule has 2 aliphatic rings. The van der Waals surface area contributed by atoms with Crippen molar-refractivity contribution in [1.82, 2.24) is 10.0 Å². The maximum absolute atomic E-state index is 14.4. The van der Waals surface area contributed by atoms with Crippen LogP contribution in [0.15, 0.2) is 23.5 Å². The van der Waals surface area contributed by atoms with E-state index in [1.165, 1.54) is 17.1 Å². The highest BCUT2D eigenvalue weighted by Gasteiger charge is 2.53. The van der Waals surface area contributed by atoms with E-state index in [2.05, 4.69) is 0 Å². The van der Waals surface area contributed by atoms with E-state index in [4.69, 9.17) is 4.74 Å². The quantitative estimate of drug-likeness (QED) is 0.278. The van der Waals surface area contributed by atoms with Crippen LogP contribution in [-0.4, -0.2) is 45.7 Å². The molecule has 0 unspecified atom stereocenters. The smallest absolute Gasteiger partial charge is 0.347 e. The van der Waals surface area contributed by atoms with Crippen LogP contribution >= 0.6 is 22.6 Å². The number of esters is 1. The predicted molar refractivity (Wildman–Crippen MR) is 109 cm³/mol. The first-order valence-corrected chi connectivity index (χ1v) is 10.5. The van der Waals surface area contributed by atoms with E-state index in [0.29, 0.717) is 19.4 Å². The third-order valence-electron chi connectivity index (χ3n) is 5.28. The molecular formula is C20H23F2IN2O4. The van der Waals surface area contributed by atoms with Crippen LogP contribution in [0.5, 0.6) is 0 Å². The lowest BCUT2D eigenvalue weighted by Gasteiger charge is -2.46. The van der Waals surface area contributed by atoms with E-state index in [-0.39, 0.29) is 34.0 Å². The van der Waals surface area contributed by atoms with Gasteiger partial charge >= 0.3 is 5.97 Å². The topological polar surface area (TPSA) is 70.1 Å². The zero-order chi connectivity index (χ0) is 21.5. The molecule has 6 nitrogen and oxygen atoms in total. The summed E-state index contributed by atoms with van der Waals surface area (Å²) in [6.07, 6.45) is 1.18. The molecule has 0 bridgehead atoms. The van der Waals surface area contributed by atoms with Gasteiger partial charge in [-0.05, 0) is 54.3 Å². The molecule has 1 amide bonds. The third kappa shape index (κ3) is 3.86. The SMILES string of the molecule is CC(C)COC(=O)C1=C(O)[C@@]2(C)CCCN2N(Cc2ccc(I)c(F)c2F)C1=O.